The Kier molecular flexibility index (Phi) is 5.77. The first kappa shape index (κ1) is 16.0. The zero-order valence-corrected chi connectivity index (χ0v) is 13.8. The minimum atomic E-state index is 0.645. The number of rotatable bonds is 7. The summed E-state index contributed by atoms with van der Waals surface area (Å²) in [6.45, 7) is 8.51. The fourth-order valence-corrected chi connectivity index (χ4v) is 3.15. The molecule has 0 bridgehead atoms. The van der Waals surface area contributed by atoms with E-state index in [9.17, 15) is 0 Å². The van der Waals surface area contributed by atoms with Crippen molar-refractivity contribution >= 4 is 11.4 Å². The van der Waals surface area contributed by atoms with Crippen LogP contribution in [0.5, 0.6) is 5.75 Å². The summed E-state index contributed by atoms with van der Waals surface area (Å²) in [6.07, 6.45) is 6.31. The quantitative estimate of drug-likeness (QED) is 0.753. The van der Waals surface area contributed by atoms with E-state index < -0.39 is 0 Å². The molecule has 2 rings (SSSR count). The van der Waals surface area contributed by atoms with Gasteiger partial charge in [0, 0.05) is 36.1 Å². The molecule has 0 atom stereocenters. The van der Waals surface area contributed by atoms with E-state index in [1.165, 1.54) is 31.4 Å². The molecule has 1 aromatic carbocycles. The summed E-state index contributed by atoms with van der Waals surface area (Å²) in [5.41, 5.74) is 8.11. The van der Waals surface area contributed by atoms with Crippen LogP contribution in [0.25, 0.3) is 0 Å². The van der Waals surface area contributed by atoms with Crippen molar-refractivity contribution in [1.82, 2.24) is 0 Å². The number of nitrogens with zero attached hydrogens (tertiary/aromatic N) is 1. The van der Waals surface area contributed by atoms with Crippen LogP contribution in [0.3, 0.4) is 0 Å². The van der Waals surface area contributed by atoms with Crippen LogP contribution >= 0.6 is 0 Å². The lowest BCUT2D eigenvalue weighted by Crippen LogP contribution is -2.36. The van der Waals surface area contributed by atoms with E-state index in [0.717, 1.165) is 31.0 Å². The predicted octanol–water partition coefficient (Wildman–Crippen LogP) is 4.46. The van der Waals surface area contributed by atoms with Gasteiger partial charge in [-0.2, -0.15) is 0 Å². The van der Waals surface area contributed by atoms with Crippen LogP contribution in [-0.4, -0.2) is 19.2 Å². The fraction of sp³-hybridized carbons (Fsp3) is 0.667. The molecule has 0 radical (unpaired) electrons. The summed E-state index contributed by atoms with van der Waals surface area (Å²) >= 11 is 0. The topological polar surface area (TPSA) is 38.5 Å². The van der Waals surface area contributed by atoms with Crippen molar-refractivity contribution in [3.8, 4) is 5.75 Å². The molecule has 1 saturated carbocycles. The second-order valence-corrected chi connectivity index (χ2v) is 6.59. The first-order chi connectivity index (χ1) is 10.1. The van der Waals surface area contributed by atoms with E-state index in [2.05, 4.69) is 37.8 Å². The molecule has 1 aliphatic carbocycles. The Bertz CT molecular complexity index is 439. The molecule has 0 amide bonds. The van der Waals surface area contributed by atoms with Gasteiger partial charge in [0.05, 0.1) is 6.61 Å². The molecular weight excluding hydrogens is 260 g/mol. The molecule has 2 N–H and O–H groups in total. The van der Waals surface area contributed by atoms with Gasteiger partial charge in [-0.25, -0.2) is 0 Å². The van der Waals surface area contributed by atoms with Gasteiger partial charge in [-0.15, -0.1) is 0 Å². The second kappa shape index (κ2) is 7.58. The van der Waals surface area contributed by atoms with Gasteiger partial charge in [0.25, 0.3) is 0 Å². The smallest absolute Gasteiger partial charge is 0.123 e. The summed E-state index contributed by atoms with van der Waals surface area (Å²) < 4.78 is 5.79. The lowest BCUT2D eigenvalue weighted by atomic mass is 10.1. The van der Waals surface area contributed by atoms with Gasteiger partial charge in [0.15, 0.2) is 0 Å². The molecule has 118 valence electrons. The van der Waals surface area contributed by atoms with E-state index in [4.69, 9.17) is 10.5 Å². The van der Waals surface area contributed by atoms with Gasteiger partial charge in [0.1, 0.15) is 5.75 Å². The van der Waals surface area contributed by atoms with Gasteiger partial charge in [-0.05, 0) is 31.2 Å². The molecule has 0 heterocycles. The second-order valence-electron chi connectivity index (χ2n) is 6.59. The molecule has 0 aromatic heterocycles. The molecule has 1 aromatic rings. The molecule has 1 aliphatic rings. The minimum Gasteiger partial charge on any atom is -0.493 e. The highest BCUT2D eigenvalue weighted by Crippen LogP contribution is 2.32. The van der Waals surface area contributed by atoms with Gasteiger partial charge in [-0.3, -0.25) is 0 Å². The van der Waals surface area contributed by atoms with Crippen molar-refractivity contribution in [2.75, 3.05) is 23.8 Å². The summed E-state index contributed by atoms with van der Waals surface area (Å²) in [7, 11) is 0. The number of nitrogens with two attached hydrogens (primary N) is 1. The van der Waals surface area contributed by atoms with Crippen LogP contribution in [0.2, 0.25) is 0 Å². The highest BCUT2D eigenvalue weighted by molar-refractivity contribution is 5.61. The Labute approximate surface area is 129 Å². The average molecular weight is 290 g/mol. The maximum absolute atomic E-state index is 6.09. The first-order valence-corrected chi connectivity index (χ1v) is 8.40. The van der Waals surface area contributed by atoms with E-state index in [-0.39, 0.29) is 0 Å². The number of hydrogen-bond acceptors (Lipinski definition) is 3. The molecule has 1 fully saturated rings. The lowest BCUT2D eigenvalue weighted by molar-refractivity contribution is 0.317. The molecule has 0 aliphatic heterocycles. The molecule has 0 saturated heterocycles. The Morgan fingerprint density at radius 3 is 2.57 bits per heavy atom. The first-order valence-electron chi connectivity index (χ1n) is 8.40. The SMILES string of the molecule is CCCOc1cc(N)cc(N(CC(C)C)C2CCCC2)c1. The van der Waals surface area contributed by atoms with Gasteiger partial charge in [-0.1, -0.05) is 33.6 Å². The van der Waals surface area contributed by atoms with Crippen LogP contribution in [-0.2, 0) is 0 Å². The average Bonchev–Trinajstić information content (AvgIpc) is 2.95. The summed E-state index contributed by atoms with van der Waals surface area (Å²) in [6, 6.07) is 6.85. The number of ether oxygens (including phenoxy) is 1. The Morgan fingerprint density at radius 2 is 1.95 bits per heavy atom. The number of nitrogen functional groups attached to an aromatic ring is 1. The van der Waals surface area contributed by atoms with Gasteiger partial charge >= 0.3 is 0 Å². The van der Waals surface area contributed by atoms with Crippen molar-refractivity contribution in [3.05, 3.63) is 18.2 Å². The summed E-state index contributed by atoms with van der Waals surface area (Å²) in [5, 5.41) is 0. The molecular formula is C18H30N2O. The third-order valence-electron chi connectivity index (χ3n) is 4.05. The zero-order chi connectivity index (χ0) is 15.2. The highest BCUT2D eigenvalue weighted by atomic mass is 16.5. The third-order valence-corrected chi connectivity index (χ3v) is 4.05. The summed E-state index contributed by atoms with van der Waals surface area (Å²) in [4.78, 5) is 2.55. The van der Waals surface area contributed by atoms with Crippen LogP contribution in [0.15, 0.2) is 18.2 Å². The largest absolute Gasteiger partial charge is 0.493 e. The monoisotopic (exact) mass is 290 g/mol. The van der Waals surface area contributed by atoms with Crippen molar-refractivity contribution in [2.45, 2.75) is 58.9 Å². The molecule has 3 nitrogen and oxygen atoms in total. The van der Waals surface area contributed by atoms with Gasteiger partial charge < -0.3 is 15.4 Å². The number of anilines is 2. The zero-order valence-electron chi connectivity index (χ0n) is 13.8. The van der Waals surface area contributed by atoms with Crippen LogP contribution in [0.1, 0.15) is 52.9 Å². The summed E-state index contributed by atoms with van der Waals surface area (Å²) in [5.74, 6) is 1.55. The standard InChI is InChI=1S/C18H30N2O/c1-4-9-21-18-11-15(19)10-17(12-18)20(13-14(2)3)16-7-5-6-8-16/h10-12,14,16H,4-9,13,19H2,1-3H3. The minimum absolute atomic E-state index is 0.645. The molecule has 0 unspecified atom stereocenters. The number of benzene rings is 1. The normalized spacial score (nSPS) is 15.6. The van der Waals surface area contributed by atoms with E-state index in [0.29, 0.717) is 12.0 Å². The van der Waals surface area contributed by atoms with Crippen molar-refractivity contribution in [1.29, 1.82) is 0 Å². The van der Waals surface area contributed by atoms with E-state index in [1.807, 2.05) is 6.07 Å². The van der Waals surface area contributed by atoms with E-state index >= 15 is 0 Å². The highest BCUT2D eigenvalue weighted by Gasteiger charge is 2.24. The van der Waals surface area contributed by atoms with Crippen molar-refractivity contribution in [2.24, 2.45) is 5.92 Å². The maximum atomic E-state index is 6.09. The van der Waals surface area contributed by atoms with Gasteiger partial charge in [0.2, 0.25) is 0 Å². The van der Waals surface area contributed by atoms with E-state index in [1.54, 1.807) is 0 Å². The van der Waals surface area contributed by atoms with Crippen molar-refractivity contribution in [3.63, 3.8) is 0 Å². The van der Waals surface area contributed by atoms with Crippen LogP contribution in [0, 0.1) is 5.92 Å². The lowest BCUT2D eigenvalue weighted by Gasteiger charge is -2.33. The molecule has 21 heavy (non-hydrogen) atoms. The fourth-order valence-electron chi connectivity index (χ4n) is 3.15. The Hall–Kier alpha value is -1.38. The van der Waals surface area contributed by atoms with Crippen LogP contribution < -0.4 is 15.4 Å². The predicted molar refractivity (Wildman–Crippen MR) is 91.1 cm³/mol. The van der Waals surface area contributed by atoms with Crippen LogP contribution in [0.4, 0.5) is 11.4 Å². The third kappa shape index (κ3) is 4.55. The Morgan fingerprint density at radius 1 is 1.24 bits per heavy atom. The molecule has 3 heteroatoms. The van der Waals surface area contributed by atoms with Crippen molar-refractivity contribution < 1.29 is 4.74 Å². The molecule has 0 spiro atoms. The maximum Gasteiger partial charge on any atom is 0.123 e. The number of hydrogen-bond donors (Lipinski definition) is 1. The Balaban J connectivity index is 2.22.